The van der Waals surface area contributed by atoms with Gasteiger partial charge in [-0.05, 0) is 5.56 Å². The van der Waals surface area contributed by atoms with E-state index in [0.717, 1.165) is 0 Å². The van der Waals surface area contributed by atoms with Crippen LogP contribution in [0.3, 0.4) is 0 Å². The highest BCUT2D eigenvalue weighted by atomic mass is 35.5. The summed E-state index contributed by atoms with van der Waals surface area (Å²) in [7, 11) is 0. The summed E-state index contributed by atoms with van der Waals surface area (Å²) in [6.07, 6.45) is -1.11. The predicted octanol–water partition coefficient (Wildman–Crippen LogP) is 2.43. The van der Waals surface area contributed by atoms with Gasteiger partial charge in [-0.15, -0.1) is 23.2 Å². The number of rotatable bonds is 3. The van der Waals surface area contributed by atoms with Crippen LogP contribution in [0.1, 0.15) is 11.7 Å². The van der Waals surface area contributed by atoms with Gasteiger partial charge in [0.2, 0.25) is 0 Å². The normalized spacial score (nSPS) is 12.9. The third-order valence-electron chi connectivity index (χ3n) is 1.66. The Hall–Kier alpha value is -0.840. The third kappa shape index (κ3) is 2.57. The summed E-state index contributed by atoms with van der Waals surface area (Å²) in [5.41, 5.74) is 0.227. The molecule has 0 heterocycles. The minimum atomic E-state index is -1.11. The van der Waals surface area contributed by atoms with E-state index in [1.54, 1.807) is 0 Å². The maximum absolute atomic E-state index is 10.4. The molecule has 0 fully saturated rings. The standard InChI is InChI=1S/C8H7Cl2NO3/c9-8(10)7(12)5-2-1-3-6(4-5)11(13)14/h1-4,7-8,12H. The molecule has 76 valence electrons. The topological polar surface area (TPSA) is 63.4 Å². The number of aliphatic hydroxyl groups excluding tert-OH is 1. The Kier molecular flexibility index (Phi) is 3.69. The lowest BCUT2D eigenvalue weighted by Gasteiger charge is -2.10. The smallest absolute Gasteiger partial charge is 0.269 e. The first-order valence-electron chi connectivity index (χ1n) is 3.73. The third-order valence-corrected chi connectivity index (χ3v) is 2.14. The van der Waals surface area contributed by atoms with Crippen molar-refractivity contribution in [1.29, 1.82) is 0 Å². The lowest BCUT2D eigenvalue weighted by atomic mass is 10.1. The molecule has 1 aromatic rings. The highest BCUT2D eigenvalue weighted by molar-refractivity contribution is 6.44. The summed E-state index contributed by atoms with van der Waals surface area (Å²) in [5.74, 6) is 0. The number of benzene rings is 1. The van der Waals surface area contributed by atoms with Crippen LogP contribution in [0.5, 0.6) is 0 Å². The first-order chi connectivity index (χ1) is 6.52. The molecule has 0 radical (unpaired) electrons. The fourth-order valence-electron chi connectivity index (χ4n) is 0.968. The molecule has 0 aliphatic carbocycles. The zero-order valence-corrected chi connectivity index (χ0v) is 8.44. The molecule has 0 aliphatic heterocycles. The number of nitrogens with zero attached hydrogens (tertiary/aromatic N) is 1. The van der Waals surface area contributed by atoms with Crippen molar-refractivity contribution in [2.75, 3.05) is 0 Å². The van der Waals surface area contributed by atoms with Crippen molar-refractivity contribution in [2.24, 2.45) is 0 Å². The Bertz CT molecular complexity index is 343. The van der Waals surface area contributed by atoms with E-state index >= 15 is 0 Å². The number of aliphatic hydroxyl groups is 1. The maximum atomic E-state index is 10.4. The van der Waals surface area contributed by atoms with Crippen LogP contribution in [-0.4, -0.2) is 14.9 Å². The van der Waals surface area contributed by atoms with Gasteiger partial charge in [-0.1, -0.05) is 12.1 Å². The zero-order chi connectivity index (χ0) is 10.7. The maximum Gasteiger partial charge on any atom is 0.269 e. The van der Waals surface area contributed by atoms with E-state index in [1.807, 2.05) is 0 Å². The van der Waals surface area contributed by atoms with E-state index in [-0.39, 0.29) is 5.69 Å². The molecule has 0 amide bonds. The molecule has 0 bridgehead atoms. The van der Waals surface area contributed by atoms with Crippen LogP contribution in [0.25, 0.3) is 0 Å². The number of hydrogen-bond donors (Lipinski definition) is 1. The molecule has 14 heavy (non-hydrogen) atoms. The average molecular weight is 236 g/mol. The molecular weight excluding hydrogens is 229 g/mol. The average Bonchev–Trinajstić information content (AvgIpc) is 2.16. The number of non-ortho nitro benzene ring substituents is 1. The summed E-state index contributed by atoms with van der Waals surface area (Å²) >= 11 is 10.9. The Morgan fingerprint density at radius 3 is 2.57 bits per heavy atom. The molecule has 1 aromatic carbocycles. The van der Waals surface area contributed by atoms with E-state index in [4.69, 9.17) is 23.2 Å². The van der Waals surface area contributed by atoms with Gasteiger partial charge in [-0.2, -0.15) is 0 Å². The van der Waals surface area contributed by atoms with Crippen molar-refractivity contribution < 1.29 is 10.0 Å². The van der Waals surface area contributed by atoms with Gasteiger partial charge in [0.25, 0.3) is 5.69 Å². The van der Waals surface area contributed by atoms with Gasteiger partial charge >= 0.3 is 0 Å². The summed E-state index contributed by atoms with van der Waals surface area (Å²) in [5, 5.41) is 19.8. The number of alkyl halides is 2. The minimum absolute atomic E-state index is 0.101. The number of nitro benzene ring substituents is 1. The van der Waals surface area contributed by atoms with Gasteiger partial charge in [0, 0.05) is 12.1 Å². The first-order valence-corrected chi connectivity index (χ1v) is 4.60. The predicted molar refractivity (Wildman–Crippen MR) is 53.6 cm³/mol. The van der Waals surface area contributed by atoms with Gasteiger partial charge in [0.1, 0.15) is 10.9 Å². The highest BCUT2D eigenvalue weighted by Gasteiger charge is 2.17. The van der Waals surface area contributed by atoms with Gasteiger partial charge in [0.15, 0.2) is 0 Å². The molecule has 0 aromatic heterocycles. The van der Waals surface area contributed by atoms with Gasteiger partial charge < -0.3 is 5.11 Å². The van der Waals surface area contributed by atoms with Crippen molar-refractivity contribution in [3.8, 4) is 0 Å². The van der Waals surface area contributed by atoms with Crippen molar-refractivity contribution >= 4 is 28.9 Å². The summed E-state index contributed by atoms with van der Waals surface area (Å²) in [4.78, 5) is 8.85. The lowest BCUT2D eigenvalue weighted by molar-refractivity contribution is -0.385. The minimum Gasteiger partial charge on any atom is -0.386 e. The van der Waals surface area contributed by atoms with E-state index < -0.39 is 15.9 Å². The lowest BCUT2D eigenvalue weighted by Crippen LogP contribution is -2.06. The Morgan fingerprint density at radius 1 is 1.43 bits per heavy atom. The Labute approximate surface area is 90.2 Å². The monoisotopic (exact) mass is 235 g/mol. The van der Waals surface area contributed by atoms with Crippen molar-refractivity contribution in [3.05, 3.63) is 39.9 Å². The summed E-state index contributed by atoms with van der Waals surface area (Å²) in [6, 6.07) is 5.55. The van der Waals surface area contributed by atoms with E-state index in [9.17, 15) is 15.2 Å². The molecule has 0 aliphatic rings. The number of hydrogen-bond acceptors (Lipinski definition) is 3. The van der Waals surface area contributed by atoms with Crippen molar-refractivity contribution in [1.82, 2.24) is 0 Å². The zero-order valence-electron chi connectivity index (χ0n) is 6.93. The quantitative estimate of drug-likeness (QED) is 0.498. The van der Waals surface area contributed by atoms with Gasteiger partial charge in [-0.3, -0.25) is 10.1 Å². The summed E-state index contributed by atoms with van der Waals surface area (Å²) < 4.78 is 0. The molecule has 1 rings (SSSR count). The fourth-order valence-corrected chi connectivity index (χ4v) is 1.26. The molecule has 6 heteroatoms. The molecule has 1 unspecified atom stereocenters. The van der Waals surface area contributed by atoms with E-state index in [0.29, 0.717) is 5.56 Å². The molecule has 1 atom stereocenters. The molecule has 4 nitrogen and oxygen atoms in total. The largest absolute Gasteiger partial charge is 0.386 e. The SMILES string of the molecule is O=[N+]([O-])c1cccc(C(O)C(Cl)Cl)c1. The highest BCUT2D eigenvalue weighted by Crippen LogP contribution is 2.26. The molecule has 1 N–H and O–H groups in total. The second kappa shape index (κ2) is 4.59. The van der Waals surface area contributed by atoms with Crippen LogP contribution in [0.15, 0.2) is 24.3 Å². The van der Waals surface area contributed by atoms with E-state index in [2.05, 4.69) is 0 Å². The van der Waals surface area contributed by atoms with Gasteiger partial charge in [0.05, 0.1) is 4.92 Å². The molecule has 0 saturated heterocycles. The fraction of sp³-hybridized carbons (Fsp3) is 0.250. The van der Waals surface area contributed by atoms with Crippen molar-refractivity contribution in [3.63, 3.8) is 0 Å². The first kappa shape index (κ1) is 11.2. The molecule has 0 spiro atoms. The molecule has 0 saturated carbocycles. The number of halogens is 2. The summed E-state index contributed by atoms with van der Waals surface area (Å²) in [6.45, 7) is 0. The van der Waals surface area contributed by atoms with E-state index in [1.165, 1.54) is 24.3 Å². The molecular formula is C8H7Cl2NO3. The van der Waals surface area contributed by atoms with Crippen LogP contribution in [0.2, 0.25) is 0 Å². The van der Waals surface area contributed by atoms with Crippen LogP contribution in [0.4, 0.5) is 5.69 Å². The second-order valence-electron chi connectivity index (χ2n) is 2.63. The second-order valence-corrected chi connectivity index (χ2v) is 3.80. The van der Waals surface area contributed by atoms with Crippen LogP contribution in [-0.2, 0) is 0 Å². The van der Waals surface area contributed by atoms with Crippen LogP contribution in [0, 0.1) is 10.1 Å². The van der Waals surface area contributed by atoms with Gasteiger partial charge in [-0.25, -0.2) is 0 Å². The van der Waals surface area contributed by atoms with Crippen molar-refractivity contribution in [2.45, 2.75) is 10.9 Å². The number of nitro groups is 1. The Morgan fingerprint density at radius 2 is 2.07 bits per heavy atom. The van der Waals surface area contributed by atoms with Crippen LogP contribution >= 0.6 is 23.2 Å². The van der Waals surface area contributed by atoms with Crippen LogP contribution < -0.4 is 0 Å². The Balaban J connectivity index is 2.99.